The van der Waals surface area contributed by atoms with Crippen molar-refractivity contribution in [1.82, 2.24) is 0 Å². The molecule has 0 unspecified atom stereocenters. The number of hydrogen-bond acceptors (Lipinski definition) is 1. The minimum absolute atomic E-state index is 0.0540. The number of alkyl halides is 3. The van der Waals surface area contributed by atoms with E-state index in [2.05, 4.69) is 4.74 Å². The van der Waals surface area contributed by atoms with E-state index >= 15 is 0 Å². The SMILES string of the molecule is FCCOCCC(F)F. The van der Waals surface area contributed by atoms with E-state index in [-0.39, 0.29) is 19.6 Å². The molecular formula is C5H9F3O. The van der Waals surface area contributed by atoms with Crippen molar-refractivity contribution in [2.75, 3.05) is 19.9 Å². The highest BCUT2D eigenvalue weighted by molar-refractivity contribution is 4.37. The van der Waals surface area contributed by atoms with Gasteiger partial charge in [0.05, 0.1) is 13.2 Å². The first-order chi connectivity index (χ1) is 4.27. The molecule has 4 heteroatoms. The van der Waals surface area contributed by atoms with E-state index in [1.807, 2.05) is 0 Å². The summed E-state index contributed by atoms with van der Waals surface area (Å²) in [6, 6.07) is 0. The highest BCUT2D eigenvalue weighted by Crippen LogP contribution is 1.97. The van der Waals surface area contributed by atoms with Gasteiger partial charge >= 0.3 is 0 Å². The fourth-order valence-electron chi connectivity index (χ4n) is 0.329. The van der Waals surface area contributed by atoms with Crippen molar-refractivity contribution in [3.05, 3.63) is 0 Å². The Kier molecular flexibility index (Phi) is 5.72. The molecule has 0 aliphatic rings. The van der Waals surface area contributed by atoms with E-state index in [9.17, 15) is 13.2 Å². The van der Waals surface area contributed by atoms with Crippen LogP contribution in [0, 0.1) is 0 Å². The van der Waals surface area contributed by atoms with Crippen LogP contribution in [0.4, 0.5) is 13.2 Å². The molecule has 0 atom stereocenters. The maximum Gasteiger partial charge on any atom is 0.240 e. The van der Waals surface area contributed by atoms with Crippen LogP contribution in [0.2, 0.25) is 0 Å². The molecule has 0 radical (unpaired) electrons. The Morgan fingerprint density at radius 1 is 1.22 bits per heavy atom. The topological polar surface area (TPSA) is 9.23 Å². The maximum absolute atomic E-state index is 11.3. The lowest BCUT2D eigenvalue weighted by Crippen LogP contribution is -2.02. The van der Waals surface area contributed by atoms with E-state index < -0.39 is 13.1 Å². The van der Waals surface area contributed by atoms with Crippen molar-refractivity contribution in [3.8, 4) is 0 Å². The monoisotopic (exact) mass is 142 g/mol. The fourth-order valence-corrected chi connectivity index (χ4v) is 0.329. The van der Waals surface area contributed by atoms with Gasteiger partial charge in [-0.25, -0.2) is 13.2 Å². The molecule has 0 saturated heterocycles. The van der Waals surface area contributed by atoms with Gasteiger partial charge in [-0.3, -0.25) is 0 Å². The molecule has 9 heavy (non-hydrogen) atoms. The second-order valence-corrected chi connectivity index (χ2v) is 1.48. The van der Waals surface area contributed by atoms with E-state index in [1.54, 1.807) is 0 Å². The number of halogens is 3. The van der Waals surface area contributed by atoms with Crippen LogP contribution in [-0.2, 0) is 4.74 Å². The normalized spacial score (nSPS) is 10.7. The molecule has 0 N–H and O–H groups in total. The molecule has 0 rings (SSSR count). The third-order valence-electron chi connectivity index (χ3n) is 0.702. The van der Waals surface area contributed by atoms with Gasteiger partial charge in [0.25, 0.3) is 0 Å². The second-order valence-electron chi connectivity index (χ2n) is 1.48. The summed E-state index contributed by atoms with van der Waals surface area (Å²) < 4.78 is 38.2. The maximum atomic E-state index is 11.3. The molecule has 0 amide bonds. The van der Waals surface area contributed by atoms with E-state index in [0.717, 1.165) is 0 Å². The summed E-state index contributed by atoms with van der Waals surface area (Å²) in [5.41, 5.74) is 0. The Bertz CT molecular complexity index is 58.2. The van der Waals surface area contributed by atoms with Crippen molar-refractivity contribution >= 4 is 0 Å². The molecule has 0 aromatic rings. The second kappa shape index (κ2) is 5.88. The van der Waals surface area contributed by atoms with Crippen molar-refractivity contribution in [2.24, 2.45) is 0 Å². The van der Waals surface area contributed by atoms with Crippen molar-refractivity contribution < 1.29 is 17.9 Å². The third kappa shape index (κ3) is 7.75. The van der Waals surface area contributed by atoms with Crippen LogP contribution in [-0.4, -0.2) is 26.3 Å². The van der Waals surface area contributed by atoms with Gasteiger partial charge in [0.2, 0.25) is 6.43 Å². The lowest BCUT2D eigenvalue weighted by Gasteiger charge is -1.98. The van der Waals surface area contributed by atoms with Crippen LogP contribution in [0.3, 0.4) is 0 Å². The zero-order valence-electron chi connectivity index (χ0n) is 4.95. The molecular weight excluding hydrogens is 133 g/mol. The highest BCUT2D eigenvalue weighted by Gasteiger charge is 2.00. The summed E-state index contributed by atoms with van der Waals surface area (Å²) in [7, 11) is 0. The quantitative estimate of drug-likeness (QED) is 0.530. The molecule has 0 bridgehead atoms. The summed E-state index contributed by atoms with van der Waals surface area (Å²) in [6.45, 7) is -0.739. The third-order valence-corrected chi connectivity index (χ3v) is 0.702. The van der Waals surface area contributed by atoms with E-state index in [1.165, 1.54) is 0 Å². The van der Waals surface area contributed by atoms with Crippen LogP contribution in [0.15, 0.2) is 0 Å². The Morgan fingerprint density at radius 2 is 1.89 bits per heavy atom. The molecule has 1 nitrogen and oxygen atoms in total. The van der Waals surface area contributed by atoms with Crippen LogP contribution in [0.25, 0.3) is 0 Å². The average molecular weight is 142 g/mol. The predicted molar refractivity (Wildman–Crippen MR) is 27.4 cm³/mol. The molecule has 0 fully saturated rings. The average Bonchev–Trinajstić information content (AvgIpc) is 1.80. The van der Waals surface area contributed by atoms with Gasteiger partial charge in [0.15, 0.2) is 0 Å². The minimum atomic E-state index is -2.34. The number of rotatable bonds is 5. The largest absolute Gasteiger partial charge is 0.379 e. The van der Waals surface area contributed by atoms with Crippen LogP contribution in [0.5, 0.6) is 0 Å². The summed E-state index contributed by atoms with van der Waals surface area (Å²) in [4.78, 5) is 0. The fraction of sp³-hybridized carbons (Fsp3) is 1.00. The standard InChI is InChI=1S/C5H9F3O/c6-2-4-9-3-1-5(7)8/h5H,1-4H2. The molecule has 0 aromatic heterocycles. The van der Waals surface area contributed by atoms with Crippen LogP contribution < -0.4 is 0 Å². The van der Waals surface area contributed by atoms with Gasteiger partial charge in [0, 0.05) is 6.42 Å². The summed E-state index contributed by atoms with van der Waals surface area (Å²) in [6.07, 6.45) is -2.65. The zero-order chi connectivity index (χ0) is 7.11. The summed E-state index contributed by atoms with van der Waals surface area (Å²) in [5, 5.41) is 0. The molecule has 0 aliphatic heterocycles. The predicted octanol–water partition coefficient (Wildman–Crippen LogP) is 1.63. The van der Waals surface area contributed by atoms with Crippen LogP contribution in [0.1, 0.15) is 6.42 Å². The van der Waals surface area contributed by atoms with Gasteiger partial charge in [-0.15, -0.1) is 0 Å². The Labute approximate surface area is 51.8 Å². The Morgan fingerprint density at radius 3 is 2.33 bits per heavy atom. The van der Waals surface area contributed by atoms with Crippen molar-refractivity contribution in [1.29, 1.82) is 0 Å². The summed E-state index contributed by atoms with van der Waals surface area (Å²) >= 11 is 0. The smallest absolute Gasteiger partial charge is 0.240 e. The van der Waals surface area contributed by atoms with Crippen molar-refractivity contribution in [3.63, 3.8) is 0 Å². The highest BCUT2D eigenvalue weighted by atomic mass is 19.3. The summed E-state index contributed by atoms with van der Waals surface area (Å²) in [5.74, 6) is 0. The lowest BCUT2D eigenvalue weighted by molar-refractivity contribution is 0.0611. The van der Waals surface area contributed by atoms with Gasteiger partial charge in [-0.2, -0.15) is 0 Å². The zero-order valence-corrected chi connectivity index (χ0v) is 4.95. The molecule has 56 valence electrons. The molecule has 0 aromatic carbocycles. The Balaban J connectivity index is 2.75. The first-order valence-corrected chi connectivity index (χ1v) is 2.69. The molecule has 0 aliphatic carbocycles. The number of ether oxygens (including phenoxy) is 1. The molecule has 0 saturated carbocycles. The first kappa shape index (κ1) is 8.75. The van der Waals surface area contributed by atoms with E-state index in [4.69, 9.17) is 0 Å². The van der Waals surface area contributed by atoms with Gasteiger partial charge in [-0.05, 0) is 0 Å². The van der Waals surface area contributed by atoms with Crippen LogP contribution >= 0.6 is 0 Å². The minimum Gasteiger partial charge on any atom is -0.379 e. The van der Waals surface area contributed by atoms with Gasteiger partial charge < -0.3 is 4.74 Å². The first-order valence-electron chi connectivity index (χ1n) is 2.69. The lowest BCUT2D eigenvalue weighted by atomic mass is 10.5. The molecule has 0 heterocycles. The number of hydrogen-bond donors (Lipinski definition) is 0. The van der Waals surface area contributed by atoms with E-state index in [0.29, 0.717) is 0 Å². The Hall–Kier alpha value is -0.250. The van der Waals surface area contributed by atoms with Crippen molar-refractivity contribution in [2.45, 2.75) is 12.8 Å². The van der Waals surface area contributed by atoms with Gasteiger partial charge in [0.1, 0.15) is 6.67 Å². The molecule has 0 spiro atoms. The van der Waals surface area contributed by atoms with Gasteiger partial charge in [-0.1, -0.05) is 0 Å².